The molecule has 1 aliphatic carbocycles. The minimum Gasteiger partial charge on any atom is -0.469 e. The number of carbonyl (C=O) groups is 2. The monoisotopic (exact) mass is 273 g/mol. The predicted octanol–water partition coefficient (Wildman–Crippen LogP) is 2.17. The molecular formula is C16H19NO3. The first kappa shape index (κ1) is 13.2. The first-order valence-corrected chi connectivity index (χ1v) is 6.86. The third-order valence-electron chi connectivity index (χ3n) is 4.92. The van der Waals surface area contributed by atoms with Gasteiger partial charge in [0, 0.05) is 7.05 Å². The van der Waals surface area contributed by atoms with Crippen LogP contribution in [0, 0.1) is 12.3 Å². The minimum absolute atomic E-state index is 0.109. The molecule has 3 atom stereocenters. The Kier molecular flexibility index (Phi) is 2.68. The number of piperidine rings is 1. The Labute approximate surface area is 118 Å². The maximum absolute atomic E-state index is 12.5. The summed E-state index contributed by atoms with van der Waals surface area (Å²) in [5.74, 6) is -0.359. The molecule has 1 aromatic carbocycles. The maximum Gasteiger partial charge on any atom is 0.314 e. The van der Waals surface area contributed by atoms with Crippen LogP contribution in [0.4, 0.5) is 0 Å². The fraction of sp³-hybridized carbons (Fsp3) is 0.500. The Balaban J connectivity index is 2.24. The van der Waals surface area contributed by atoms with Gasteiger partial charge in [0.15, 0.2) is 0 Å². The number of carbonyl (C=O) groups excluding carboxylic acids is 2. The number of esters is 1. The van der Waals surface area contributed by atoms with Gasteiger partial charge in [-0.3, -0.25) is 9.59 Å². The van der Waals surface area contributed by atoms with Gasteiger partial charge in [-0.2, -0.15) is 0 Å². The van der Waals surface area contributed by atoms with Crippen molar-refractivity contribution in [1.82, 2.24) is 4.90 Å². The normalized spacial score (nSPS) is 31.2. The average molecular weight is 273 g/mol. The second-order valence-corrected chi connectivity index (χ2v) is 6.10. The summed E-state index contributed by atoms with van der Waals surface area (Å²) in [7, 11) is 3.19. The number of fused-ring (bicyclic) bond motifs is 2. The molecular weight excluding hydrogens is 254 g/mol. The Morgan fingerprint density at radius 3 is 2.80 bits per heavy atom. The number of hydrogen-bond donors (Lipinski definition) is 0. The van der Waals surface area contributed by atoms with Gasteiger partial charge in [0.1, 0.15) is 0 Å². The quantitative estimate of drug-likeness (QED) is 0.737. The van der Waals surface area contributed by atoms with E-state index in [2.05, 4.69) is 0 Å². The number of rotatable bonds is 1. The van der Waals surface area contributed by atoms with Crippen molar-refractivity contribution in [3.05, 3.63) is 34.9 Å². The molecule has 0 aromatic heterocycles. The zero-order chi connectivity index (χ0) is 14.7. The van der Waals surface area contributed by atoms with Gasteiger partial charge >= 0.3 is 5.97 Å². The molecule has 1 fully saturated rings. The van der Waals surface area contributed by atoms with Crippen LogP contribution in [0.3, 0.4) is 0 Å². The third kappa shape index (κ3) is 1.42. The summed E-state index contributed by atoms with van der Waals surface area (Å²) in [5.41, 5.74) is 2.67. The summed E-state index contributed by atoms with van der Waals surface area (Å²) in [6, 6.07) is 5.82. The molecule has 2 aliphatic heterocycles. The summed E-state index contributed by atoms with van der Waals surface area (Å²) in [6.07, 6.45) is 0.533. The van der Waals surface area contributed by atoms with Crippen LogP contribution in [0.1, 0.15) is 42.0 Å². The smallest absolute Gasteiger partial charge is 0.314 e. The van der Waals surface area contributed by atoms with Gasteiger partial charge in [-0.15, -0.1) is 0 Å². The van der Waals surface area contributed by atoms with E-state index in [4.69, 9.17) is 4.74 Å². The Morgan fingerprint density at radius 1 is 1.45 bits per heavy atom. The highest BCUT2D eigenvalue weighted by molar-refractivity contribution is 5.92. The highest BCUT2D eigenvalue weighted by atomic mass is 16.5. The Bertz CT molecular complexity index is 610. The number of hydrogen-bond acceptors (Lipinski definition) is 3. The van der Waals surface area contributed by atoms with Gasteiger partial charge in [0.2, 0.25) is 5.91 Å². The molecule has 0 N–H and O–H groups in total. The van der Waals surface area contributed by atoms with E-state index in [0.29, 0.717) is 6.42 Å². The zero-order valence-corrected chi connectivity index (χ0v) is 12.3. The lowest BCUT2D eigenvalue weighted by atomic mass is 9.60. The molecule has 0 radical (unpaired) electrons. The Hall–Kier alpha value is -1.84. The van der Waals surface area contributed by atoms with E-state index in [1.807, 2.05) is 32.0 Å². The van der Waals surface area contributed by atoms with Crippen molar-refractivity contribution in [2.75, 3.05) is 14.2 Å². The first-order chi connectivity index (χ1) is 9.41. The highest BCUT2D eigenvalue weighted by Gasteiger charge is 2.58. The third-order valence-corrected chi connectivity index (χ3v) is 4.92. The van der Waals surface area contributed by atoms with Gasteiger partial charge in [0.05, 0.1) is 24.5 Å². The summed E-state index contributed by atoms with van der Waals surface area (Å²) in [6.45, 7) is 3.94. The zero-order valence-electron chi connectivity index (χ0n) is 12.3. The molecule has 1 saturated heterocycles. The maximum atomic E-state index is 12.5. The number of benzene rings is 1. The van der Waals surface area contributed by atoms with Gasteiger partial charge < -0.3 is 9.64 Å². The average Bonchev–Trinajstić information content (AvgIpc) is 2.42. The van der Waals surface area contributed by atoms with Crippen LogP contribution in [0.15, 0.2) is 18.2 Å². The predicted molar refractivity (Wildman–Crippen MR) is 74.2 cm³/mol. The molecule has 4 nitrogen and oxygen atoms in total. The molecule has 106 valence electrons. The molecule has 4 rings (SSSR count). The van der Waals surface area contributed by atoms with E-state index in [0.717, 1.165) is 16.7 Å². The van der Waals surface area contributed by atoms with Crippen molar-refractivity contribution in [2.24, 2.45) is 5.41 Å². The number of nitrogens with zero attached hydrogens (tertiary/aromatic N) is 1. The summed E-state index contributed by atoms with van der Waals surface area (Å²) in [4.78, 5) is 26.5. The summed E-state index contributed by atoms with van der Waals surface area (Å²) < 4.78 is 5.00. The molecule has 2 bridgehead atoms. The topological polar surface area (TPSA) is 46.6 Å². The van der Waals surface area contributed by atoms with Gasteiger partial charge in [0.25, 0.3) is 0 Å². The van der Waals surface area contributed by atoms with Crippen LogP contribution < -0.4 is 0 Å². The van der Waals surface area contributed by atoms with Gasteiger partial charge in [-0.25, -0.2) is 0 Å². The molecule has 3 unspecified atom stereocenters. The van der Waals surface area contributed by atoms with E-state index in [-0.39, 0.29) is 23.8 Å². The summed E-state index contributed by atoms with van der Waals surface area (Å²) >= 11 is 0. The van der Waals surface area contributed by atoms with Crippen molar-refractivity contribution in [3.8, 4) is 0 Å². The first-order valence-electron chi connectivity index (χ1n) is 6.86. The Morgan fingerprint density at radius 2 is 2.15 bits per heavy atom. The second-order valence-electron chi connectivity index (χ2n) is 6.10. The standard InChI is InChI=1S/C16H19NO3/c1-9-6-5-7-10-12(9)11-8-16(2,15(19)20-4)13(10)17(3)14(11)18/h5-7,11,13H,8H2,1-4H3. The molecule has 0 spiro atoms. The lowest BCUT2D eigenvalue weighted by molar-refractivity contribution is -0.167. The van der Waals surface area contributed by atoms with Crippen LogP contribution in [-0.4, -0.2) is 30.9 Å². The fourth-order valence-corrected chi connectivity index (χ4v) is 4.05. The molecule has 2 heterocycles. The molecule has 4 heteroatoms. The molecule has 20 heavy (non-hydrogen) atoms. The van der Waals surface area contributed by atoms with Crippen molar-refractivity contribution in [2.45, 2.75) is 32.2 Å². The van der Waals surface area contributed by atoms with E-state index < -0.39 is 5.41 Å². The van der Waals surface area contributed by atoms with Crippen LogP contribution in [-0.2, 0) is 14.3 Å². The van der Waals surface area contributed by atoms with Crippen molar-refractivity contribution >= 4 is 11.9 Å². The van der Waals surface area contributed by atoms with E-state index in [1.165, 1.54) is 7.11 Å². The van der Waals surface area contributed by atoms with E-state index in [1.54, 1.807) is 11.9 Å². The van der Waals surface area contributed by atoms with Gasteiger partial charge in [-0.1, -0.05) is 18.2 Å². The van der Waals surface area contributed by atoms with Gasteiger partial charge in [-0.05, 0) is 37.0 Å². The molecule has 3 aliphatic rings. The van der Waals surface area contributed by atoms with E-state index >= 15 is 0 Å². The number of methoxy groups -OCH3 is 1. The molecule has 1 amide bonds. The largest absolute Gasteiger partial charge is 0.469 e. The van der Waals surface area contributed by atoms with Crippen molar-refractivity contribution < 1.29 is 14.3 Å². The minimum atomic E-state index is -0.664. The lowest BCUT2D eigenvalue weighted by Gasteiger charge is -2.53. The molecule has 1 aromatic rings. The van der Waals surface area contributed by atoms with Crippen molar-refractivity contribution in [3.63, 3.8) is 0 Å². The highest BCUT2D eigenvalue weighted by Crippen LogP contribution is 2.57. The number of amides is 1. The number of ether oxygens (including phenoxy) is 1. The lowest BCUT2D eigenvalue weighted by Crippen LogP contribution is -2.56. The number of aryl methyl sites for hydroxylation is 1. The summed E-state index contributed by atoms with van der Waals surface area (Å²) in [5, 5.41) is 0. The van der Waals surface area contributed by atoms with Crippen LogP contribution in [0.2, 0.25) is 0 Å². The van der Waals surface area contributed by atoms with Crippen LogP contribution in [0.5, 0.6) is 0 Å². The van der Waals surface area contributed by atoms with Crippen LogP contribution >= 0.6 is 0 Å². The second kappa shape index (κ2) is 4.08. The van der Waals surface area contributed by atoms with Crippen LogP contribution in [0.25, 0.3) is 0 Å². The van der Waals surface area contributed by atoms with E-state index in [9.17, 15) is 9.59 Å². The number of likely N-dealkylation sites (N-methyl/N-ethyl adjacent to an activating group) is 1. The fourth-order valence-electron chi connectivity index (χ4n) is 4.05. The molecule has 0 saturated carbocycles. The SMILES string of the molecule is COC(=O)C1(C)CC2C(=O)N(C)C1c1cccc(C)c12. The van der Waals surface area contributed by atoms with Crippen molar-refractivity contribution in [1.29, 1.82) is 0 Å².